The van der Waals surface area contributed by atoms with Gasteiger partial charge >= 0.3 is 0 Å². The molecule has 2 aliphatic rings. The molecule has 2 aliphatic heterocycles. The smallest absolute Gasteiger partial charge is 0.260 e. The van der Waals surface area contributed by atoms with Gasteiger partial charge in [-0.3, -0.25) is 9.59 Å². The van der Waals surface area contributed by atoms with Crippen molar-refractivity contribution in [2.24, 2.45) is 5.73 Å². The topological polar surface area (TPSA) is 75.9 Å². The van der Waals surface area contributed by atoms with Gasteiger partial charge < -0.3 is 20.3 Å². The van der Waals surface area contributed by atoms with Gasteiger partial charge in [-0.25, -0.2) is 0 Å². The lowest BCUT2D eigenvalue weighted by atomic mass is 10.0. The molecule has 3 rings (SSSR count). The van der Waals surface area contributed by atoms with E-state index in [0.717, 1.165) is 43.5 Å². The van der Waals surface area contributed by atoms with Crippen LogP contribution in [0, 0.1) is 13.8 Å². The molecule has 2 N–H and O–H groups in total. The summed E-state index contributed by atoms with van der Waals surface area (Å²) in [4.78, 5) is 28.6. The summed E-state index contributed by atoms with van der Waals surface area (Å²) in [5, 5.41) is 0. The van der Waals surface area contributed by atoms with E-state index in [9.17, 15) is 9.59 Å². The zero-order valence-corrected chi connectivity index (χ0v) is 17.0. The number of carbonyl (C=O) groups is 2. The Morgan fingerprint density at radius 3 is 2.26 bits per heavy atom. The first-order valence-electron chi connectivity index (χ1n) is 9.52. The molecule has 0 unspecified atom stereocenters. The van der Waals surface area contributed by atoms with Crippen molar-refractivity contribution in [3.63, 3.8) is 0 Å². The molecule has 27 heavy (non-hydrogen) atoms. The molecule has 1 aromatic carbocycles. The van der Waals surface area contributed by atoms with Crippen molar-refractivity contribution in [2.45, 2.75) is 45.6 Å². The quantitative estimate of drug-likeness (QED) is 0.848. The molecule has 2 amide bonds. The van der Waals surface area contributed by atoms with E-state index in [1.54, 1.807) is 4.90 Å². The van der Waals surface area contributed by atoms with Gasteiger partial charge in [-0.05, 0) is 62.8 Å². The summed E-state index contributed by atoms with van der Waals surface area (Å²) in [5.41, 5.74) is 8.32. The molecule has 150 valence electrons. The van der Waals surface area contributed by atoms with E-state index in [-0.39, 0.29) is 36.9 Å². The Kier molecular flexibility index (Phi) is 7.50. The maximum absolute atomic E-state index is 12.6. The monoisotopic (exact) mass is 395 g/mol. The van der Waals surface area contributed by atoms with Crippen LogP contribution in [0.3, 0.4) is 0 Å². The van der Waals surface area contributed by atoms with Gasteiger partial charge in [-0.15, -0.1) is 12.4 Å². The summed E-state index contributed by atoms with van der Waals surface area (Å²) in [6.07, 6.45) is 4.19. The molecule has 0 radical (unpaired) electrons. The molecule has 0 spiro atoms. The second kappa shape index (κ2) is 9.42. The standard InChI is InChI=1S/C20H29N3O3.ClH/c1-14-10-16(20(25)23-9-6-17(21)12-23)11-15(2)19(14)26-13-18(24)22-7-4-3-5-8-22;/h10-11,17H,3-9,12-13,21H2,1-2H3;1H/t17-;/m1./s1. The van der Waals surface area contributed by atoms with E-state index in [1.807, 2.05) is 30.9 Å². The predicted molar refractivity (Wildman–Crippen MR) is 108 cm³/mol. The summed E-state index contributed by atoms with van der Waals surface area (Å²) < 4.78 is 5.82. The number of halogens is 1. The number of nitrogens with two attached hydrogens (primary N) is 1. The van der Waals surface area contributed by atoms with Gasteiger partial charge in [-0.1, -0.05) is 0 Å². The first kappa shape index (κ1) is 21.5. The summed E-state index contributed by atoms with van der Waals surface area (Å²) in [6, 6.07) is 3.77. The second-order valence-electron chi connectivity index (χ2n) is 7.47. The number of likely N-dealkylation sites (tertiary alicyclic amines) is 2. The summed E-state index contributed by atoms with van der Waals surface area (Å²) in [6.45, 7) is 6.85. The summed E-state index contributed by atoms with van der Waals surface area (Å²) in [5.74, 6) is 0.750. The predicted octanol–water partition coefficient (Wildman–Crippen LogP) is 2.29. The molecule has 2 heterocycles. The van der Waals surface area contributed by atoms with Gasteiger partial charge in [0, 0.05) is 37.8 Å². The van der Waals surface area contributed by atoms with Crippen LogP contribution in [0.2, 0.25) is 0 Å². The number of ether oxygens (including phenoxy) is 1. The van der Waals surface area contributed by atoms with Crippen molar-refractivity contribution in [1.82, 2.24) is 9.80 Å². The molecule has 0 aromatic heterocycles. The van der Waals surface area contributed by atoms with Crippen LogP contribution in [0.15, 0.2) is 12.1 Å². The number of hydrogen-bond donors (Lipinski definition) is 1. The highest BCUT2D eigenvalue weighted by molar-refractivity contribution is 5.95. The summed E-state index contributed by atoms with van der Waals surface area (Å²) >= 11 is 0. The van der Waals surface area contributed by atoms with Crippen LogP contribution < -0.4 is 10.5 Å². The van der Waals surface area contributed by atoms with Crippen molar-refractivity contribution < 1.29 is 14.3 Å². The first-order valence-corrected chi connectivity index (χ1v) is 9.52. The number of hydrogen-bond acceptors (Lipinski definition) is 4. The van der Waals surface area contributed by atoms with Gasteiger partial charge in [-0.2, -0.15) is 0 Å². The molecule has 2 fully saturated rings. The average Bonchev–Trinajstić information content (AvgIpc) is 3.07. The fourth-order valence-corrected chi connectivity index (χ4v) is 3.82. The highest BCUT2D eigenvalue weighted by Gasteiger charge is 2.25. The van der Waals surface area contributed by atoms with Crippen molar-refractivity contribution in [3.05, 3.63) is 28.8 Å². The lowest BCUT2D eigenvalue weighted by molar-refractivity contribution is -0.134. The third-order valence-electron chi connectivity index (χ3n) is 5.27. The van der Waals surface area contributed by atoms with Crippen molar-refractivity contribution in [1.29, 1.82) is 0 Å². The summed E-state index contributed by atoms with van der Waals surface area (Å²) in [7, 11) is 0. The Bertz CT molecular complexity index is 666. The maximum Gasteiger partial charge on any atom is 0.260 e. The largest absolute Gasteiger partial charge is 0.483 e. The lowest BCUT2D eigenvalue weighted by Crippen LogP contribution is -2.38. The Morgan fingerprint density at radius 1 is 1.07 bits per heavy atom. The van der Waals surface area contributed by atoms with Crippen molar-refractivity contribution in [2.75, 3.05) is 32.8 Å². The van der Waals surface area contributed by atoms with Crippen LogP contribution in [0.1, 0.15) is 47.2 Å². The third-order valence-corrected chi connectivity index (χ3v) is 5.27. The van der Waals surface area contributed by atoms with Gasteiger partial charge in [0.25, 0.3) is 11.8 Å². The van der Waals surface area contributed by atoms with Gasteiger partial charge in [0.1, 0.15) is 5.75 Å². The Labute approximate surface area is 167 Å². The highest BCUT2D eigenvalue weighted by Crippen LogP contribution is 2.26. The molecule has 1 atom stereocenters. The maximum atomic E-state index is 12.6. The Hall–Kier alpha value is -1.79. The zero-order chi connectivity index (χ0) is 18.7. The molecule has 0 aliphatic carbocycles. The first-order chi connectivity index (χ1) is 12.5. The zero-order valence-electron chi connectivity index (χ0n) is 16.2. The minimum absolute atomic E-state index is 0. The van der Waals surface area contributed by atoms with E-state index in [4.69, 9.17) is 10.5 Å². The van der Waals surface area contributed by atoms with Crippen LogP contribution in [0.5, 0.6) is 5.75 Å². The number of carbonyl (C=O) groups excluding carboxylic acids is 2. The molecule has 2 saturated heterocycles. The van der Waals surface area contributed by atoms with Crippen LogP contribution in [0.4, 0.5) is 0 Å². The second-order valence-corrected chi connectivity index (χ2v) is 7.47. The minimum Gasteiger partial charge on any atom is -0.483 e. The fraction of sp³-hybridized carbons (Fsp3) is 0.600. The molecule has 0 bridgehead atoms. The van der Waals surface area contributed by atoms with Gasteiger partial charge in [0.2, 0.25) is 0 Å². The fourth-order valence-electron chi connectivity index (χ4n) is 3.82. The Morgan fingerprint density at radius 2 is 1.70 bits per heavy atom. The number of benzene rings is 1. The number of aryl methyl sites for hydroxylation is 2. The normalized spacial score (nSPS) is 19.6. The lowest BCUT2D eigenvalue weighted by Gasteiger charge is -2.27. The molecule has 6 nitrogen and oxygen atoms in total. The van der Waals surface area contributed by atoms with Gasteiger partial charge in [0.15, 0.2) is 6.61 Å². The third kappa shape index (κ3) is 5.14. The minimum atomic E-state index is 0. The SMILES string of the molecule is Cc1cc(C(=O)N2CC[C@@H](N)C2)cc(C)c1OCC(=O)N1CCCCC1.Cl. The van der Waals surface area contributed by atoms with E-state index in [2.05, 4.69) is 0 Å². The van der Waals surface area contributed by atoms with Crippen LogP contribution >= 0.6 is 12.4 Å². The molecule has 7 heteroatoms. The van der Waals surface area contributed by atoms with E-state index >= 15 is 0 Å². The molecule has 1 aromatic rings. The average molecular weight is 396 g/mol. The Balaban J connectivity index is 0.00000261. The van der Waals surface area contributed by atoms with Crippen molar-refractivity contribution >= 4 is 24.2 Å². The number of nitrogens with zero attached hydrogens (tertiary/aromatic N) is 2. The van der Waals surface area contributed by atoms with Crippen LogP contribution in [-0.4, -0.2) is 60.4 Å². The van der Waals surface area contributed by atoms with Crippen LogP contribution in [-0.2, 0) is 4.79 Å². The molecular weight excluding hydrogens is 366 g/mol. The number of piperidine rings is 1. The van der Waals surface area contributed by atoms with Gasteiger partial charge in [0.05, 0.1) is 0 Å². The number of rotatable bonds is 4. The van der Waals surface area contributed by atoms with E-state index in [0.29, 0.717) is 24.4 Å². The highest BCUT2D eigenvalue weighted by atomic mass is 35.5. The van der Waals surface area contributed by atoms with E-state index in [1.165, 1.54) is 6.42 Å². The number of amides is 2. The molecule has 0 saturated carbocycles. The van der Waals surface area contributed by atoms with Crippen LogP contribution in [0.25, 0.3) is 0 Å². The van der Waals surface area contributed by atoms with Crippen molar-refractivity contribution in [3.8, 4) is 5.75 Å². The van der Waals surface area contributed by atoms with E-state index < -0.39 is 0 Å². The molecular formula is C20H30ClN3O3.